The molecule has 1 heterocycles. The number of aromatic carboxylic acids is 1. The Kier molecular flexibility index (Phi) is 5.07. The maximum Gasteiger partial charge on any atom is 0.339 e. The lowest BCUT2D eigenvalue weighted by Gasteiger charge is -2.15. The molecule has 0 bridgehead atoms. The zero-order valence-corrected chi connectivity index (χ0v) is 11.4. The topological polar surface area (TPSA) is 75.1 Å². The van der Waals surface area contributed by atoms with Gasteiger partial charge in [0.2, 0.25) is 5.95 Å². The molecule has 1 aromatic heterocycles. The summed E-state index contributed by atoms with van der Waals surface area (Å²) in [4.78, 5) is 19.0. The molecule has 1 unspecified atom stereocenters. The van der Waals surface area contributed by atoms with E-state index in [9.17, 15) is 4.79 Å². The van der Waals surface area contributed by atoms with Crippen molar-refractivity contribution in [1.29, 1.82) is 0 Å². The van der Waals surface area contributed by atoms with Gasteiger partial charge in [0, 0.05) is 12.2 Å². The van der Waals surface area contributed by atoms with Crippen molar-refractivity contribution < 1.29 is 9.90 Å². The molecule has 0 spiro atoms. The Morgan fingerprint density at radius 2 is 2.06 bits per heavy atom. The summed E-state index contributed by atoms with van der Waals surface area (Å²) < 4.78 is 0. The zero-order chi connectivity index (χ0) is 13.7. The fraction of sp³-hybridized carbons (Fsp3) is 0.615. The SMILES string of the molecule is Cc1nc(NC(C)CCC(C)C)ncc1C(=O)O. The highest BCUT2D eigenvalue weighted by Crippen LogP contribution is 2.11. The van der Waals surface area contributed by atoms with Crippen LogP contribution in [0.15, 0.2) is 6.20 Å². The second-order valence-corrected chi connectivity index (χ2v) is 5.01. The molecule has 0 amide bonds. The molecule has 1 aromatic rings. The van der Waals surface area contributed by atoms with Crippen LogP contribution in [0, 0.1) is 12.8 Å². The van der Waals surface area contributed by atoms with Crippen molar-refractivity contribution in [3.8, 4) is 0 Å². The highest BCUT2D eigenvalue weighted by atomic mass is 16.4. The average molecular weight is 251 g/mol. The van der Waals surface area contributed by atoms with Gasteiger partial charge in [-0.15, -0.1) is 0 Å². The number of anilines is 1. The second-order valence-electron chi connectivity index (χ2n) is 5.01. The van der Waals surface area contributed by atoms with E-state index in [-0.39, 0.29) is 11.6 Å². The molecule has 1 atom stereocenters. The lowest BCUT2D eigenvalue weighted by Crippen LogP contribution is -2.18. The summed E-state index contributed by atoms with van der Waals surface area (Å²) in [6.07, 6.45) is 3.53. The van der Waals surface area contributed by atoms with Crippen LogP contribution in [-0.4, -0.2) is 27.1 Å². The van der Waals surface area contributed by atoms with Crippen LogP contribution in [0.25, 0.3) is 0 Å². The number of rotatable bonds is 6. The van der Waals surface area contributed by atoms with Gasteiger partial charge in [-0.1, -0.05) is 13.8 Å². The molecule has 0 aromatic carbocycles. The first-order valence-electron chi connectivity index (χ1n) is 6.23. The van der Waals surface area contributed by atoms with Crippen molar-refractivity contribution in [3.63, 3.8) is 0 Å². The van der Waals surface area contributed by atoms with Gasteiger partial charge in [0.15, 0.2) is 0 Å². The molecule has 5 heteroatoms. The summed E-state index contributed by atoms with van der Waals surface area (Å²) in [5.74, 6) is 0.173. The third-order valence-electron chi connectivity index (χ3n) is 2.76. The van der Waals surface area contributed by atoms with E-state index < -0.39 is 5.97 Å². The lowest BCUT2D eigenvalue weighted by molar-refractivity contribution is 0.0695. The number of hydrogen-bond donors (Lipinski definition) is 2. The number of carboxylic acid groups (broad SMARTS) is 1. The third kappa shape index (κ3) is 4.31. The summed E-state index contributed by atoms with van der Waals surface area (Å²) in [5.41, 5.74) is 0.631. The fourth-order valence-electron chi connectivity index (χ4n) is 1.62. The normalized spacial score (nSPS) is 12.5. The highest BCUT2D eigenvalue weighted by molar-refractivity contribution is 5.88. The minimum absolute atomic E-state index is 0.149. The van der Waals surface area contributed by atoms with E-state index in [1.165, 1.54) is 6.20 Å². The van der Waals surface area contributed by atoms with Gasteiger partial charge < -0.3 is 10.4 Å². The Hall–Kier alpha value is -1.65. The molecule has 100 valence electrons. The summed E-state index contributed by atoms with van der Waals surface area (Å²) in [6.45, 7) is 8.13. The minimum atomic E-state index is -0.994. The van der Waals surface area contributed by atoms with E-state index in [2.05, 4.69) is 36.1 Å². The second kappa shape index (κ2) is 6.33. The largest absolute Gasteiger partial charge is 0.478 e. The summed E-state index contributed by atoms with van der Waals surface area (Å²) in [7, 11) is 0. The molecule has 0 aliphatic carbocycles. The van der Waals surface area contributed by atoms with E-state index in [0.29, 0.717) is 17.6 Å². The molecular formula is C13H21N3O2. The number of aromatic nitrogens is 2. The van der Waals surface area contributed by atoms with E-state index in [1.54, 1.807) is 6.92 Å². The van der Waals surface area contributed by atoms with Gasteiger partial charge in [-0.2, -0.15) is 0 Å². The van der Waals surface area contributed by atoms with Gasteiger partial charge >= 0.3 is 5.97 Å². The van der Waals surface area contributed by atoms with Gasteiger partial charge in [0.05, 0.1) is 11.3 Å². The van der Waals surface area contributed by atoms with Crippen molar-refractivity contribution in [1.82, 2.24) is 9.97 Å². The molecule has 1 rings (SSSR count). The van der Waals surface area contributed by atoms with Crippen molar-refractivity contribution in [3.05, 3.63) is 17.5 Å². The predicted molar refractivity (Wildman–Crippen MR) is 70.9 cm³/mol. The van der Waals surface area contributed by atoms with E-state index in [0.717, 1.165) is 12.8 Å². The van der Waals surface area contributed by atoms with Crippen LogP contribution >= 0.6 is 0 Å². The van der Waals surface area contributed by atoms with Gasteiger partial charge in [-0.3, -0.25) is 0 Å². The quantitative estimate of drug-likeness (QED) is 0.813. The Labute approximate surface area is 108 Å². The van der Waals surface area contributed by atoms with Crippen LogP contribution in [0.3, 0.4) is 0 Å². The maximum atomic E-state index is 10.8. The Morgan fingerprint density at radius 3 is 2.56 bits per heavy atom. The van der Waals surface area contributed by atoms with Crippen molar-refractivity contribution in [2.45, 2.75) is 46.6 Å². The molecular weight excluding hydrogens is 230 g/mol. The predicted octanol–water partition coefficient (Wildman–Crippen LogP) is 2.72. The van der Waals surface area contributed by atoms with E-state index >= 15 is 0 Å². The van der Waals surface area contributed by atoms with Crippen LogP contribution < -0.4 is 5.32 Å². The first-order valence-corrected chi connectivity index (χ1v) is 6.23. The Bertz CT molecular complexity index is 419. The van der Waals surface area contributed by atoms with Gasteiger partial charge in [-0.05, 0) is 32.6 Å². The number of aryl methyl sites for hydroxylation is 1. The first-order chi connectivity index (χ1) is 8.40. The molecule has 0 saturated carbocycles. The van der Waals surface area contributed by atoms with Gasteiger partial charge in [-0.25, -0.2) is 14.8 Å². The Balaban J connectivity index is 2.63. The van der Waals surface area contributed by atoms with Crippen LogP contribution in [0.4, 0.5) is 5.95 Å². The van der Waals surface area contributed by atoms with Crippen molar-refractivity contribution in [2.24, 2.45) is 5.92 Å². The number of nitrogens with one attached hydrogen (secondary N) is 1. The van der Waals surface area contributed by atoms with E-state index in [4.69, 9.17) is 5.11 Å². The zero-order valence-electron chi connectivity index (χ0n) is 11.4. The molecule has 18 heavy (non-hydrogen) atoms. The standard InChI is InChI=1S/C13H21N3O2/c1-8(2)5-6-9(3)15-13-14-7-11(12(17)18)10(4)16-13/h7-9H,5-6H2,1-4H3,(H,17,18)(H,14,15,16). The number of carboxylic acids is 1. The van der Waals surface area contributed by atoms with Gasteiger partial charge in [0.1, 0.15) is 0 Å². The molecule has 5 nitrogen and oxygen atoms in total. The minimum Gasteiger partial charge on any atom is -0.478 e. The molecule has 0 saturated heterocycles. The average Bonchev–Trinajstić information content (AvgIpc) is 2.26. The van der Waals surface area contributed by atoms with Crippen molar-refractivity contribution in [2.75, 3.05) is 5.32 Å². The number of carbonyl (C=O) groups is 1. The number of hydrogen-bond acceptors (Lipinski definition) is 4. The first kappa shape index (κ1) is 14.4. The smallest absolute Gasteiger partial charge is 0.339 e. The van der Waals surface area contributed by atoms with E-state index in [1.807, 2.05) is 0 Å². The molecule has 0 aliphatic rings. The summed E-state index contributed by atoms with van der Waals surface area (Å²) >= 11 is 0. The highest BCUT2D eigenvalue weighted by Gasteiger charge is 2.11. The molecule has 2 N–H and O–H groups in total. The van der Waals surface area contributed by atoms with Crippen LogP contribution in [0.1, 0.15) is 49.7 Å². The van der Waals surface area contributed by atoms with Crippen molar-refractivity contribution >= 4 is 11.9 Å². The number of nitrogens with zero attached hydrogens (tertiary/aromatic N) is 2. The Morgan fingerprint density at radius 1 is 1.39 bits per heavy atom. The lowest BCUT2D eigenvalue weighted by atomic mass is 10.0. The molecule has 0 fully saturated rings. The van der Waals surface area contributed by atoms with Gasteiger partial charge in [0.25, 0.3) is 0 Å². The summed E-state index contributed by atoms with van der Waals surface area (Å²) in [5, 5.41) is 12.1. The molecule has 0 radical (unpaired) electrons. The maximum absolute atomic E-state index is 10.8. The van der Waals surface area contributed by atoms with Crippen LogP contribution in [0.2, 0.25) is 0 Å². The monoisotopic (exact) mass is 251 g/mol. The van der Waals surface area contributed by atoms with Crippen LogP contribution in [-0.2, 0) is 0 Å². The fourth-order valence-corrected chi connectivity index (χ4v) is 1.62. The summed E-state index contributed by atoms with van der Waals surface area (Å²) in [6, 6.07) is 0.280. The van der Waals surface area contributed by atoms with Crippen LogP contribution in [0.5, 0.6) is 0 Å². The third-order valence-corrected chi connectivity index (χ3v) is 2.76. The molecule has 0 aliphatic heterocycles.